The molecule has 2 nitrogen and oxygen atoms in total. The van der Waals surface area contributed by atoms with Gasteiger partial charge in [-0.25, -0.2) is 4.39 Å². The Labute approximate surface area is 95.6 Å². The monoisotopic (exact) mass is 235 g/mol. The smallest absolute Gasteiger partial charge is 0.150 e. The van der Waals surface area contributed by atoms with Crippen LogP contribution in [0.4, 0.5) is 4.39 Å². The van der Waals surface area contributed by atoms with Crippen LogP contribution < -0.4 is 0 Å². The second-order valence-electron chi connectivity index (χ2n) is 3.51. The molecule has 0 spiro atoms. The van der Waals surface area contributed by atoms with Crippen molar-refractivity contribution in [1.82, 2.24) is 4.98 Å². The van der Waals surface area contributed by atoms with Gasteiger partial charge in [0.15, 0.2) is 0 Å². The molecule has 2 aromatic heterocycles. The number of aromatic amines is 1. The van der Waals surface area contributed by atoms with Crippen LogP contribution in [0.5, 0.6) is 0 Å². The van der Waals surface area contributed by atoms with E-state index < -0.39 is 0 Å². The number of aromatic nitrogens is 1. The first kappa shape index (κ1) is 9.48. The molecule has 0 atom stereocenters. The minimum Gasteiger partial charge on any atom is -0.463 e. The van der Waals surface area contributed by atoms with Crippen molar-refractivity contribution in [3.8, 4) is 11.5 Å². The molecule has 3 rings (SSSR count). The molecule has 0 aliphatic heterocycles. The average molecular weight is 236 g/mol. The Balaban J connectivity index is 2.27. The zero-order valence-corrected chi connectivity index (χ0v) is 8.88. The summed E-state index contributed by atoms with van der Waals surface area (Å²) >= 11 is 5.94. The second kappa shape index (κ2) is 3.39. The van der Waals surface area contributed by atoms with Crippen LogP contribution in [0.25, 0.3) is 22.4 Å². The summed E-state index contributed by atoms with van der Waals surface area (Å²) in [7, 11) is 0. The number of fused-ring (bicyclic) bond motifs is 1. The maximum Gasteiger partial charge on any atom is 0.150 e. The van der Waals surface area contributed by atoms with E-state index in [2.05, 4.69) is 4.98 Å². The number of nitrogens with one attached hydrogen (secondary N) is 1. The van der Waals surface area contributed by atoms with Crippen molar-refractivity contribution >= 4 is 22.5 Å². The zero-order valence-electron chi connectivity index (χ0n) is 8.13. The zero-order chi connectivity index (χ0) is 11.1. The standard InChI is InChI=1S/C12H7ClFNO/c13-9-6-8(14)4-7-5-10(15-12(7)9)11-2-1-3-16-11/h1-6,15H. The van der Waals surface area contributed by atoms with Crippen LogP contribution in [0, 0.1) is 5.82 Å². The van der Waals surface area contributed by atoms with Crippen LogP contribution in [0.2, 0.25) is 5.02 Å². The van der Waals surface area contributed by atoms with Gasteiger partial charge >= 0.3 is 0 Å². The third-order valence-corrected chi connectivity index (χ3v) is 2.73. The average Bonchev–Trinajstić information content (AvgIpc) is 2.82. The maximum atomic E-state index is 13.1. The van der Waals surface area contributed by atoms with E-state index in [-0.39, 0.29) is 5.82 Å². The van der Waals surface area contributed by atoms with E-state index in [1.54, 1.807) is 12.3 Å². The van der Waals surface area contributed by atoms with E-state index in [0.717, 1.165) is 16.6 Å². The number of halogens is 2. The summed E-state index contributed by atoms with van der Waals surface area (Å²) < 4.78 is 18.4. The highest BCUT2D eigenvalue weighted by molar-refractivity contribution is 6.35. The van der Waals surface area contributed by atoms with Crippen molar-refractivity contribution in [2.24, 2.45) is 0 Å². The number of hydrogen-bond acceptors (Lipinski definition) is 1. The molecule has 0 aliphatic carbocycles. The number of H-pyrrole nitrogens is 1. The molecule has 0 saturated heterocycles. The molecule has 4 heteroatoms. The van der Waals surface area contributed by atoms with E-state index in [9.17, 15) is 4.39 Å². The molecule has 0 unspecified atom stereocenters. The van der Waals surface area contributed by atoms with E-state index in [0.29, 0.717) is 10.8 Å². The van der Waals surface area contributed by atoms with Crippen molar-refractivity contribution in [2.75, 3.05) is 0 Å². The molecular formula is C12H7ClFNO. The molecule has 0 amide bonds. The summed E-state index contributed by atoms with van der Waals surface area (Å²) in [6, 6.07) is 8.15. The van der Waals surface area contributed by atoms with Crippen molar-refractivity contribution in [2.45, 2.75) is 0 Å². The van der Waals surface area contributed by atoms with Gasteiger partial charge in [0.1, 0.15) is 11.6 Å². The third-order valence-electron chi connectivity index (χ3n) is 2.43. The van der Waals surface area contributed by atoms with Crippen LogP contribution in [0.3, 0.4) is 0 Å². The predicted molar refractivity (Wildman–Crippen MR) is 61.0 cm³/mol. The predicted octanol–water partition coefficient (Wildman–Crippen LogP) is 4.22. The summed E-state index contributed by atoms with van der Waals surface area (Å²) in [5.74, 6) is 0.357. The topological polar surface area (TPSA) is 28.9 Å². The lowest BCUT2D eigenvalue weighted by Gasteiger charge is -1.93. The van der Waals surface area contributed by atoms with Gasteiger partial charge in [-0.3, -0.25) is 0 Å². The number of furan rings is 1. The quantitative estimate of drug-likeness (QED) is 0.672. The van der Waals surface area contributed by atoms with Gasteiger partial charge in [-0.2, -0.15) is 0 Å². The van der Waals surface area contributed by atoms with Gasteiger partial charge in [0, 0.05) is 5.39 Å². The van der Waals surface area contributed by atoms with Crippen LogP contribution >= 0.6 is 11.6 Å². The molecule has 0 aliphatic rings. The fourth-order valence-corrected chi connectivity index (χ4v) is 1.99. The molecule has 16 heavy (non-hydrogen) atoms. The fraction of sp³-hybridized carbons (Fsp3) is 0. The molecule has 1 aromatic carbocycles. The van der Waals surface area contributed by atoms with Crippen molar-refractivity contribution < 1.29 is 8.81 Å². The molecule has 3 aromatic rings. The van der Waals surface area contributed by atoms with Crippen LogP contribution in [0.15, 0.2) is 41.0 Å². The van der Waals surface area contributed by atoms with Crippen LogP contribution in [0.1, 0.15) is 0 Å². The van der Waals surface area contributed by atoms with E-state index >= 15 is 0 Å². The third kappa shape index (κ3) is 1.41. The number of rotatable bonds is 1. The highest BCUT2D eigenvalue weighted by Crippen LogP contribution is 2.29. The summed E-state index contributed by atoms with van der Waals surface area (Å²) in [5.41, 5.74) is 1.50. The van der Waals surface area contributed by atoms with Crippen molar-refractivity contribution in [3.05, 3.63) is 47.4 Å². The van der Waals surface area contributed by atoms with Gasteiger partial charge in [-0.15, -0.1) is 0 Å². The van der Waals surface area contributed by atoms with E-state index in [4.69, 9.17) is 16.0 Å². The largest absolute Gasteiger partial charge is 0.463 e. The Hall–Kier alpha value is -1.74. The molecule has 0 bridgehead atoms. The Bertz CT molecular complexity index is 642. The minimum absolute atomic E-state index is 0.345. The molecule has 0 radical (unpaired) electrons. The van der Waals surface area contributed by atoms with Crippen LogP contribution in [-0.2, 0) is 0 Å². The van der Waals surface area contributed by atoms with E-state index in [1.807, 2.05) is 12.1 Å². The normalized spacial score (nSPS) is 11.1. The van der Waals surface area contributed by atoms with Gasteiger partial charge < -0.3 is 9.40 Å². The van der Waals surface area contributed by atoms with Gasteiger partial charge in [0.05, 0.1) is 22.5 Å². The lowest BCUT2D eigenvalue weighted by molar-refractivity contribution is 0.580. The molecular weight excluding hydrogens is 229 g/mol. The van der Waals surface area contributed by atoms with Gasteiger partial charge in [-0.05, 0) is 30.3 Å². The van der Waals surface area contributed by atoms with Crippen molar-refractivity contribution in [1.29, 1.82) is 0 Å². The lowest BCUT2D eigenvalue weighted by Crippen LogP contribution is -1.75. The summed E-state index contributed by atoms with van der Waals surface area (Å²) in [6.45, 7) is 0. The van der Waals surface area contributed by atoms with Crippen molar-refractivity contribution in [3.63, 3.8) is 0 Å². The number of hydrogen-bond donors (Lipinski definition) is 1. The molecule has 80 valence electrons. The molecule has 0 saturated carbocycles. The molecule has 0 fully saturated rings. The van der Waals surface area contributed by atoms with Gasteiger partial charge in [-0.1, -0.05) is 11.6 Å². The highest BCUT2D eigenvalue weighted by atomic mass is 35.5. The summed E-state index contributed by atoms with van der Waals surface area (Å²) in [4.78, 5) is 3.10. The van der Waals surface area contributed by atoms with Gasteiger partial charge in [0.2, 0.25) is 0 Å². The SMILES string of the molecule is Fc1cc(Cl)c2[nH]c(-c3ccco3)cc2c1. The highest BCUT2D eigenvalue weighted by Gasteiger charge is 2.09. The number of benzene rings is 1. The van der Waals surface area contributed by atoms with Crippen LogP contribution in [-0.4, -0.2) is 4.98 Å². The molecule has 1 N–H and O–H groups in total. The van der Waals surface area contributed by atoms with Gasteiger partial charge in [0.25, 0.3) is 0 Å². The maximum absolute atomic E-state index is 13.1. The Morgan fingerprint density at radius 2 is 2.12 bits per heavy atom. The lowest BCUT2D eigenvalue weighted by atomic mass is 10.2. The first-order valence-corrected chi connectivity index (χ1v) is 5.13. The minimum atomic E-state index is -0.345. The Kier molecular flexibility index (Phi) is 2.01. The van der Waals surface area contributed by atoms with E-state index in [1.165, 1.54) is 12.1 Å². The Morgan fingerprint density at radius 3 is 2.88 bits per heavy atom. The molecule has 2 heterocycles. The second-order valence-corrected chi connectivity index (χ2v) is 3.92. The summed E-state index contributed by atoms with van der Waals surface area (Å²) in [5, 5.41) is 1.10. The first-order chi connectivity index (χ1) is 7.74. The summed E-state index contributed by atoms with van der Waals surface area (Å²) in [6.07, 6.45) is 1.59. The Morgan fingerprint density at radius 1 is 1.25 bits per heavy atom. The fourth-order valence-electron chi connectivity index (χ4n) is 1.73. The first-order valence-electron chi connectivity index (χ1n) is 4.76.